The standard InChI is InChI=1S/C36H50O6/c1-23(9-8-10-24(2)32(37)38)27-13-14-28-31-29(15-16-35(27,28)4)34(3)17-18-36(40-19-20-41-36)22-26(34)21-30(31)42-33(39)25-11-6-5-7-12-25/h5-7,10-12,23,26-31H,8-9,13-22H2,1-4H3,(H,37,38)/b24-10+/t23-,26+,27?,28?,29?,30-,31?,34?,35?/m1/s1. The highest BCUT2D eigenvalue weighted by Crippen LogP contribution is 2.69. The van der Waals surface area contributed by atoms with Crippen molar-refractivity contribution >= 4 is 11.9 Å². The van der Waals surface area contributed by atoms with Gasteiger partial charge >= 0.3 is 11.9 Å². The number of rotatable bonds is 7. The maximum Gasteiger partial charge on any atom is 0.338 e. The fourth-order valence-electron chi connectivity index (χ4n) is 10.6. The maximum atomic E-state index is 13.5. The van der Waals surface area contributed by atoms with E-state index in [0.717, 1.165) is 38.5 Å². The Morgan fingerprint density at radius 2 is 1.74 bits per heavy atom. The van der Waals surface area contributed by atoms with Gasteiger partial charge in [-0.15, -0.1) is 0 Å². The minimum atomic E-state index is -0.825. The molecule has 6 heteroatoms. The molecule has 6 rings (SSSR count). The van der Waals surface area contributed by atoms with Gasteiger partial charge in [-0.2, -0.15) is 0 Å². The maximum absolute atomic E-state index is 13.5. The van der Waals surface area contributed by atoms with Crippen molar-refractivity contribution in [2.45, 2.75) is 104 Å². The molecule has 1 heterocycles. The van der Waals surface area contributed by atoms with Crippen LogP contribution in [0.4, 0.5) is 0 Å². The van der Waals surface area contributed by atoms with Gasteiger partial charge in [0.15, 0.2) is 5.79 Å². The largest absolute Gasteiger partial charge is 0.478 e. The number of allylic oxidation sites excluding steroid dienone is 1. The molecule has 1 aromatic carbocycles. The first-order valence-electron chi connectivity index (χ1n) is 16.5. The van der Waals surface area contributed by atoms with Crippen LogP contribution in [-0.4, -0.2) is 42.1 Å². The molecule has 1 N–H and O–H groups in total. The summed E-state index contributed by atoms with van der Waals surface area (Å²) < 4.78 is 19.0. The monoisotopic (exact) mass is 578 g/mol. The van der Waals surface area contributed by atoms with Crippen molar-refractivity contribution in [3.63, 3.8) is 0 Å². The number of carbonyl (C=O) groups excluding carboxylic acids is 1. The first kappa shape index (κ1) is 29.9. The van der Waals surface area contributed by atoms with Crippen molar-refractivity contribution in [3.05, 3.63) is 47.5 Å². The van der Waals surface area contributed by atoms with E-state index in [-0.39, 0.29) is 22.9 Å². The van der Waals surface area contributed by atoms with Gasteiger partial charge < -0.3 is 19.3 Å². The number of fused-ring (bicyclic) bond motifs is 5. The summed E-state index contributed by atoms with van der Waals surface area (Å²) in [4.78, 5) is 24.8. The number of carboxylic acids is 1. The molecule has 6 unspecified atom stereocenters. The summed E-state index contributed by atoms with van der Waals surface area (Å²) in [5, 5.41) is 9.27. The first-order chi connectivity index (χ1) is 20.1. The third kappa shape index (κ3) is 5.15. The summed E-state index contributed by atoms with van der Waals surface area (Å²) in [7, 11) is 0. The molecule has 0 bridgehead atoms. The molecule has 5 fully saturated rings. The molecule has 4 aliphatic carbocycles. The van der Waals surface area contributed by atoms with Crippen LogP contribution in [0.2, 0.25) is 0 Å². The Hall–Kier alpha value is -2.18. The Labute approximate surface area is 251 Å². The molecule has 5 aliphatic rings. The van der Waals surface area contributed by atoms with Crippen molar-refractivity contribution in [2.24, 2.45) is 46.3 Å². The lowest BCUT2D eigenvalue weighted by Crippen LogP contribution is -2.60. The average molecular weight is 579 g/mol. The minimum absolute atomic E-state index is 0.0998. The van der Waals surface area contributed by atoms with Gasteiger partial charge in [-0.05, 0) is 111 Å². The van der Waals surface area contributed by atoms with E-state index in [2.05, 4.69) is 20.8 Å². The summed E-state index contributed by atoms with van der Waals surface area (Å²) in [6.07, 6.45) is 12.3. The van der Waals surface area contributed by atoms with Crippen LogP contribution in [-0.2, 0) is 19.0 Å². The lowest BCUT2D eigenvalue weighted by molar-refractivity contribution is -0.242. The van der Waals surface area contributed by atoms with E-state index in [0.29, 0.717) is 59.9 Å². The smallest absolute Gasteiger partial charge is 0.338 e. The number of benzene rings is 1. The molecule has 42 heavy (non-hydrogen) atoms. The van der Waals surface area contributed by atoms with Crippen LogP contribution in [0.1, 0.15) is 102 Å². The third-order valence-electron chi connectivity index (χ3n) is 12.9. The van der Waals surface area contributed by atoms with E-state index in [1.807, 2.05) is 36.4 Å². The normalized spacial score (nSPS) is 39.7. The van der Waals surface area contributed by atoms with Gasteiger partial charge in [0, 0.05) is 24.3 Å². The van der Waals surface area contributed by atoms with Gasteiger partial charge in [0.05, 0.1) is 18.8 Å². The van der Waals surface area contributed by atoms with E-state index >= 15 is 0 Å². The van der Waals surface area contributed by atoms with Crippen LogP contribution in [0.3, 0.4) is 0 Å². The molecular weight excluding hydrogens is 528 g/mol. The number of carboxylic acid groups (broad SMARTS) is 1. The summed E-state index contributed by atoms with van der Waals surface area (Å²) in [6.45, 7) is 10.5. The second-order valence-corrected chi connectivity index (χ2v) is 14.8. The Morgan fingerprint density at radius 1 is 1.02 bits per heavy atom. The highest BCUT2D eigenvalue weighted by molar-refractivity contribution is 5.89. The van der Waals surface area contributed by atoms with E-state index in [4.69, 9.17) is 14.2 Å². The van der Waals surface area contributed by atoms with Crippen molar-refractivity contribution < 1.29 is 28.9 Å². The van der Waals surface area contributed by atoms with Crippen molar-refractivity contribution in [3.8, 4) is 0 Å². The van der Waals surface area contributed by atoms with Gasteiger partial charge in [0.1, 0.15) is 6.10 Å². The van der Waals surface area contributed by atoms with Gasteiger partial charge in [0.25, 0.3) is 0 Å². The van der Waals surface area contributed by atoms with E-state index in [1.165, 1.54) is 25.7 Å². The van der Waals surface area contributed by atoms with Crippen LogP contribution in [0.15, 0.2) is 42.0 Å². The summed E-state index contributed by atoms with van der Waals surface area (Å²) in [5.74, 6) is 1.48. The average Bonchev–Trinajstić information content (AvgIpc) is 3.58. The molecule has 230 valence electrons. The van der Waals surface area contributed by atoms with Crippen molar-refractivity contribution in [2.75, 3.05) is 13.2 Å². The molecule has 1 aromatic rings. The van der Waals surface area contributed by atoms with E-state index in [1.54, 1.807) is 6.92 Å². The van der Waals surface area contributed by atoms with Gasteiger partial charge in [-0.25, -0.2) is 9.59 Å². The number of esters is 1. The van der Waals surface area contributed by atoms with Crippen LogP contribution >= 0.6 is 0 Å². The van der Waals surface area contributed by atoms with Gasteiger partial charge in [-0.1, -0.05) is 45.0 Å². The summed E-state index contributed by atoms with van der Waals surface area (Å²) in [5.41, 5.74) is 1.48. The molecule has 6 nitrogen and oxygen atoms in total. The minimum Gasteiger partial charge on any atom is -0.478 e. The first-order valence-corrected chi connectivity index (χ1v) is 16.5. The topological polar surface area (TPSA) is 82.1 Å². The van der Waals surface area contributed by atoms with E-state index in [9.17, 15) is 14.7 Å². The highest BCUT2D eigenvalue weighted by Gasteiger charge is 2.65. The fraction of sp³-hybridized carbons (Fsp3) is 0.722. The van der Waals surface area contributed by atoms with Gasteiger partial charge in [0.2, 0.25) is 0 Å². The molecule has 1 spiro atoms. The Bertz CT molecular complexity index is 1190. The molecule has 0 aromatic heterocycles. The Morgan fingerprint density at radius 3 is 2.45 bits per heavy atom. The molecule has 9 atom stereocenters. The second kappa shape index (κ2) is 11.4. The quantitative estimate of drug-likeness (QED) is 0.264. The molecule has 1 saturated heterocycles. The lowest BCUT2D eigenvalue weighted by atomic mass is 9.43. The van der Waals surface area contributed by atoms with Gasteiger partial charge in [-0.3, -0.25) is 0 Å². The van der Waals surface area contributed by atoms with Crippen LogP contribution < -0.4 is 0 Å². The van der Waals surface area contributed by atoms with Crippen molar-refractivity contribution in [1.29, 1.82) is 0 Å². The Kier molecular flexibility index (Phi) is 8.10. The molecule has 4 saturated carbocycles. The molecule has 0 radical (unpaired) electrons. The van der Waals surface area contributed by atoms with Crippen LogP contribution in [0.5, 0.6) is 0 Å². The summed E-state index contributed by atoms with van der Waals surface area (Å²) in [6, 6.07) is 9.48. The number of carbonyl (C=O) groups is 2. The molecule has 1 aliphatic heterocycles. The SMILES string of the molecule is C/C(=C\CC[C@@H](C)C1CCC2C3C(CCC21C)C1(C)CCC2(C[C@@H]1C[C@H]3OC(=O)c1ccccc1)OCCO2)C(=O)O. The van der Waals surface area contributed by atoms with Crippen molar-refractivity contribution in [1.82, 2.24) is 0 Å². The third-order valence-corrected chi connectivity index (χ3v) is 12.9. The second-order valence-electron chi connectivity index (χ2n) is 14.8. The zero-order chi connectivity index (χ0) is 29.7. The molecular formula is C36H50O6. The predicted molar refractivity (Wildman–Crippen MR) is 161 cm³/mol. The van der Waals surface area contributed by atoms with Crippen LogP contribution in [0.25, 0.3) is 0 Å². The zero-order valence-electron chi connectivity index (χ0n) is 26.0. The number of hydrogen-bond donors (Lipinski definition) is 1. The highest BCUT2D eigenvalue weighted by atomic mass is 16.7. The summed E-state index contributed by atoms with van der Waals surface area (Å²) >= 11 is 0. The predicted octanol–water partition coefficient (Wildman–Crippen LogP) is 7.67. The number of aliphatic carboxylic acids is 1. The lowest BCUT2D eigenvalue weighted by Gasteiger charge is -2.63. The van der Waals surface area contributed by atoms with Crippen LogP contribution in [0, 0.1) is 46.3 Å². The van der Waals surface area contributed by atoms with E-state index < -0.39 is 11.8 Å². The Balaban J connectivity index is 1.27. The number of hydrogen-bond acceptors (Lipinski definition) is 5. The molecule has 0 amide bonds. The zero-order valence-corrected chi connectivity index (χ0v) is 26.0. The number of ether oxygens (including phenoxy) is 3. The fourth-order valence-corrected chi connectivity index (χ4v) is 10.6.